The van der Waals surface area contributed by atoms with Gasteiger partial charge >= 0.3 is 0 Å². The Morgan fingerprint density at radius 3 is 1.45 bits per heavy atom. The molecule has 0 spiro atoms. The molecule has 4 atom stereocenters. The van der Waals surface area contributed by atoms with Crippen LogP contribution in [0.4, 0.5) is 0 Å². The second-order valence-corrected chi connectivity index (χ2v) is 10.3. The van der Waals surface area contributed by atoms with E-state index in [1.165, 1.54) is 5.56 Å². The fourth-order valence-electron chi connectivity index (χ4n) is 5.54. The second kappa shape index (κ2) is 14.7. The Kier molecular flexibility index (Phi) is 10.3. The topological polar surface area (TPSA) is 30.9 Å². The third kappa shape index (κ3) is 7.56. The molecule has 0 aromatic heterocycles. The van der Waals surface area contributed by atoms with Gasteiger partial charge in [0, 0.05) is 12.6 Å². The average Bonchev–Trinajstić information content (AvgIpc) is 3.28. The molecule has 1 saturated heterocycles. The van der Waals surface area contributed by atoms with Crippen molar-refractivity contribution in [3.8, 4) is 0 Å². The average molecular weight is 534 g/mol. The molecule has 206 valence electrons. The molecule has 0 unspecified atom stereocenters. The maximum Gasteiger partial charge on any atom is 0.103 e. The lowest BCUT2D eigenvalue weighted by Crippen LogP contribution is -2.42. The van der Waals surface area contributed by atoms with E-state index >= 15 is 0 Å². The van der Waals surface area contributed by atoms with Crippen LogP contribution in [-0.4, -0.2) is 35.8 Å². The number of hydrogen-bond donors (Lipinski definition) is 0. The van der Waals surface area contributed by atoms with E-state index in [4.69, 9.17) is 14.2 Å². The molecule has 0 N–H and O–H groups in total. The highest BCUT2D eigenvalue weighted by Crippen LogP contribution is 2.35. The fraction of sp³-hybridized carbons (Fsp3) is 0.278. The number of nitrogens with zero attached hydrogens (tertiary/aromatic N) is 1. The molecule has 4 nitrogen and oxygen atoms in total. The van der Waals surface area contributed by atoms with E-state index in [9.17, 15) is 0 Å². The summed E-state index contributed by atoms with van der Waals surface area (Å²) < 4.78 is 19.9. The molecule has 0 amide bonds. The highest BCUT2D eigenvalue weighted by atomic mass is 16.5. The van der Waals surface area contributed by atoms with E-state index < -0.39 is 0 Å². The van der Waals surface area contributed by atoms with Gasteiger partial charge in [0.1, 0.15) is 12.2 Å². The van der Waals surface area contributed by atoms with Gasteiger partial charge in [-0.3, -0.25) is 4.90 Å². The van der Waals surface area contributed by atoms with E-state index in [0.29, 0.717) is 26.4 Å². The Morgan fingerprint density at radius 2 is 0.975 bits per heavy atom. The highest BCUT2D eigenvalue weighted by molar-refractivity contribution is 5.19. The molecule has 0 aliphatic carbocycles. The molecule has 0 saturated carbocycles. The Bertz CT molecular complexity index is 1270. The van der Waals surface area contributed by atoms with Crippen LogP contribution >= 0.6 is 0 Å². The Morgan fingerprint density at radius 1 is 0.550 bits per heavy atom. The molecule has 4 heteroatoms. The minimum atomic E-state index is -0.173. The van der Waals surface area contributed by atoms with Crippen LogP contribution in [0.1, 0.15) is 28.7 Å². The molecule has 4 aromatic rings. The first kappa shape index (κ1) is 28.0. The predicted octanol–water partition coefficient (Wildman–Crippen LogP) is 7.20. The summed E-state index contributed by atoms with van der Waals surface area (Å²) >= 11 is 0. The Balaban J connectivity index is 1.43. The Hall–Kier alpha value is -3.54. The quantitative estimate of drug-likeness (QED) is 0.160. The van der Waals surface area contributed by atoms with Crippen molar-refractivity contribution in [2.45, 2.75) is 57.1 Å². The molecule has 1 fully saturated rings. The standard InChI is InChI=1S/C36H39NO3/c1-2-15-33-35(39-26-31-20-11-5-12-21-31)36(40-27-32-22-13-6-14-23-32)34(28-38-25-30-18-9-4-10-19-30)37(33)24-29-16-7-3-8-17-29/h2-14,16-23,33-36H,1,15,24-28H2/t33-,34-,35-,36+/m0/s1. The van der Waals surface area contributed by atoms with Gasteiger partial charge in [0.25, 0.3) is 0 Å². The number of hydrogen-bond acceptors (Lipinski definition) is 4. The highest BCUT2D eigenvalue weighted by Gasteiger charge is 2.50. The van der Waals surface area contributed by atoms with E-state index in [-0.39, 0.29) is 24.3 Å². The van der Waals surface area contributed by atoms with Crippen molar-refractivity contribution in [3.63, 3.8) is 0 Å². The first-order valence-electron chi connectivity index (χ1n) is 14.1. The van der Waals surface area contributed by atoms with Crippen molar-refractivity contribution < 1.29 is 14.2 Å². The summed E-state index contributed by atoms with van der Waals surface area (Å²) in [6, 6.07) is 41.8. The van der Waals surface area contributed by atoms with Gasteiger partial charge in [-0.25, -0.2) is 0 Å². The van der Waals surface area contributed by atoms with Gasteiger partial charge in [-0.15, -0.1) is 6.58 Å². The number of ether oxygens (including phenoxy) is 3. The van der Waals surface area contributed by atoms with Crippen molar-refractivity contribution in [1.82, 2.24) is 4.90 Å². The second-order valence-electron chi connectivity index (χ2n) is 10.3. The zero-order valence-electron chi connectivity index (χ0n) is 23.1. The molecule has 1 aliphatic rings. The van der Waals surface area contributed by atoms with Crippen molar-refractivity contribution in [1.29, 1.82) is 0 Å². The van der Waals surface area contributed by atoms with Gasteiger partial charge in [-0.2, -0.15) is 0 Å². The number of benzene rings is 4. The minimum Gasteiger partial charge on any atom is -0.375 e. The van der Waals surface area contributed by atoms with Crippen LogP contribution in [0, 0.1) is 0 Å². The van der Waals surface area contributed by atoms with Gasteiger partial charge in [0.2, 0.25) is 0 Å². The van der Waals surface area contributed by atoms with E-state index in [1.54, 1.807) is 0 Å². The molecule has 1 heterocycles. The first-order chi connectivity index (χ1) is 19.8. The molecular formula is C36H39NO3. The van der Waals surface area contributed by atoms with Crippen LogP contribution in [0.25, 0.3) is 0 Å². The lowest BCUT2D eigenvalue weighted by atomic mass is 10.0. The largest absolute Gasteiger partial charge is 0.375 e. The molecule has 0 bridgehead atoms. The van der Waals surface area contributed by atoms with E-state index in [0.717, 1.165) is 29.7 Å². The smallest absolute Gasteiger partial charge is 0.103 e. The summed E-state index contributed by atoms with van der Waals surface area (Å²) in [5.74, 6) is 0. The van der Waals surface area contributed by atoms with Gasteiger partial charge in [0.15, 0.2) is 0 Å². The molecular weight excluding hydrogens is 494 g/mol. The zero-order chi connectivity index (χ0) is 27.4. The van der Waals surface area contributed by atoms with Crippen LogP contribution < -0.4 is 0 Å². The molecule has 40 heavy (non-hydrogen) atoms. The summed E-state index contributed by atoms with van der Waals surface area (Å²) in [5.41, 5.74) is 4.72. The molecule has 4 aromatic carbocycles. The zero-order valence-corrected chi connectivity index (χ0v) is 23.1. The van der Waals surface area contributed by atoms with E-state index in [1.807, 2.05) is 24.3 Å². The maximum atomic E-state index is 6.77. The lowest BCUT2D eigenvalue weighted by Gasteiger charge is -2.31. The molecule has 0 radical (unpaired) electrons. The third-order valence-electron chi connectivity index (χ3n) is 7.52. The summed E-state index contributed by atoms with van der Waals surface area (Å²) in [4.78, 5) is 2.52. The minimum absolute atomic E-state index is 0.0124. The van der Waals surface area contributed by atoms with Gasteiger partial charge < -0.3 is 14.2 Å². The first-order valence-corrected chi connectivity index (χ1v) is 14.1. The van der Waals surface area contributed by atoms with E-state index in [2.05, 4.69) is 115 Å². The summed E-state index contributed by atoms with van der Waals surface area (Å²) in [7, 11) is 0. The monoisotopic (exact) mass is 533 g/mol. The summed E-state index contributed by atoms with van der Waals surface area (Å²) in [6.07, 6.45) is 2.49. The SMILES string of the molecule is C=CC[C@H]1[C@H](OCc2ccccc2)[C@H](OCc2ccccc2)[C@H](COCc2ccccc2)N1Cc1ccccc1. The van der Waals surface area contributed by atoms with Gasteiger partial charge in [0.05, 0.1) is 32.5 Å². The summed E-state index contributed by atoms with van der Waals surface area (Å²) in [6.45, 7) is 7.05. The maximum absolute atomic E-state index is 6.77. The molecule has 5 rings (SSSR count). The normalized spacial score (nSPS) is 20.9. The lowest BCUT2D eigenvalue weighted by molar-refractivity contribution is -0.0863. The van der Waals surface area contributed by atoms with Gasteiger partial charge in [-0.05, 0) is 28.7 Å². The Labute approximate surface area is 238 Å². The molecule has 1 aliphatic heterocycles. The fourth-order valence-corrected chi connectivity index (χ4v) is 5.54. The summed E-state index contributed by atoms with van der Waals surface area (Å²) in [5, 5.41) is 0. The van der Waals surface area contributed by atoms with Crippen molar-refractivity contribution >= 4 is 0 Å². The number of likely N-dealkylation sites (tertiary alicyclic amines) is 1. The van der Waals surface area contributed by atoms with Crippen LogP contribution in [0.15, 0.2) is 134 Å². The van der Waals surface area contributed by atoms with Crippen LogP contribution in [0.5, 0.6) is 0 Å². The predicted molar refractivity (Wildman–Crippen MR) is 161 cm³/mol. The van der Waals surface area contributed by atoms with Gasteiger partial charge in [-0.1, -0.05) is 127 Å². The van der Waals surface area contributed by atoms with Crippen LogP contribution in [0.2, 0.25) is 0 Å². The third-order valence-corrected chi connectivity index (χ3v) is 7.52. The van der Waals surface area contributed by atoms with Crippen molar-refractivity contribution in [2.75, 3.05) is 6.61 Å². The van der Waals surface area contributed by atoms with Crippen molar-refractivity contribution in [3.05, 3.63) is 156 Å². The van der Waals surface area contributed by atoms with Crippen molar-refractivity contribution in [2.24, 2.45) is 0 Å². The van der Waals surface area contributed by atoms with Crippen LogP contribution in [-0.2, 0) is 40.6 Å². The number of rotatable bonds is 14. The van der Waals surface area contributed by atoms with Crippen LogP contribution in [0.3, 0.4) is 0 Å².